The van der Waals surface area contributed by atoms with Crippen LogP contribution in [0.4, 0.5) is 0 Å². The first-order valence-electron chi connectivity index (χ1n) is 7.76. The third-order valence-corrected chi connectivity index (χ3v) is 4.97. The first-order valence-corrected chi connectivity index (χ1v) is 9.54. The number of nitrogens with zero attached hydrogens (tertiary/aromatic N) is 4. The Morgan fingerprint density at radius 1 is 1.29 bits per heavy atom. The molecule has 1 aromatic carbocycles. The van der Waals surface area contributed by atoms with E-state index in [1.54, 1.807) is 4.57 Å². The lowest BCUT2D eigenvalue weighted by atomic mass is 10.2. The highest BCUT2D eigenvalue weighted by Gasteiger charge is 2.13. The molecule has 0 fully saturated rings. The first kappa shape index (κ1) is 17.2. The lowest BCUT2D eigenvalue weighted by Gasteiger charge is -2.10. The highest BCUT2D eigenvalue weighted by atomic mass is 79.9. The first-order chi connectivity index (χ1) is 11.6. The van der Waals surface area contributed by atoms with Crippen molar-refractivity contribution in [1.29, 1.82) is 0 Å². The van der Waals surface area contributed by atoms with E-state index in [0.717, 1.165) is 17.3 Å². The van der Waals surface area contributed by atoms with E-state index in [0.29, 0.717) is 40.1 Å². The maximum atomic E-state index is 12.7. The molecule has 0 N–H and O–H groups in total. The highest BCUT2D eigenvalue weighted by Crippen LogP contribution is 2.22. The second kappa shape index (κ2) is 7.48. The minimum Gasteiger partial charge on any atom is -0.339 e. The van der Waals surface area contributed by atoms with Crippen LogP contribution in [0.15, 0.2) is 37.1 Å². The fourth-order valence-electron chi connectivity index (χ4n) is 2.36. The summed E-state index contributed by atoms with van der Waals surface area (Å²) in [4.78, 5) is 21.6. The van der Waals surface area contributed by atoms with Gasteiger partial charge >= 0.3 is 0 Å². The van der Waals surface area contributed by atoms with Gasteiger partial charge in [-0.15, -0.1) is 0 Å². The molecule has 126 valence electrons. The van der Waals surface area contributed by atoms with Crippen LogP contribution in [0.3, 0.4) is 0 Å². The summed E-state index contributed by atoms with van der Waals surface area (Å²) in [6.45, 7) is 4.56. The van der Waals surface area contributed by atoms with Crippen LogP contribution in [0.5, 0.6) is 0 Å². The fourth-order valence-corrected chi connectivity index (χ4v) is 3.62. The van der Waals surface area contributed by atoms with Crippen LogP contribution >= 0.6 is 27.7 Å². The van der Waals surface area contributed by atoms with Crippen LogP contribution in [0.2, 0.25) is 0 Å². The van der Waals surface area contributed by atoms with Crippen molar-refractivity contribution in [3.63, 3.8) is 0 Å². The van der Waals surface area contributed by atoms with Gasteiger partial charge in [0.1, 0.15) is 0 Å². The molecular weight excluding hydrogens is 392 g/mol. The summed E-state index contributed by atoms with van der Waals surface area (Å²) in [6.07, 6.45) is 1.74. The van der Waals surface area contributed by atoms with E-state index in [1.165, 1.54) is 11.8 Å². The molecule has 0 amide bonds. The largest absolute Gasteiger partial charge is 0.339 e. The van der Waals surface area contributed by atoms with Gasteiger partial charge < -0.3 is 4.52 Å². The summed E-state index contributed by atoms with van der Waals surface area (Å²) in [5.74, 6) is 1.79. The molecule has 8 heteroatoms. The smallest absolute Gasteiger partial charge is 0.262 e. The fraction of sp³-hybridized carbons (Fsp3) is 0.375. The molecule has 6 nitrogen and oxygen atoms in total. The number of benzene rings is 1. The minimum absolute atomic E-state index is 0.0360. The Morgan fingerprint density at radius 3 is 2.88 bits per heavy atom. The molecule has 0 aliphatic carbocycles. The van der Waals surface area contributed by atoms with Crippen LogP contribution in [-0.4, -0.2) is 19.7 Å². The summed E-state index contributed by atoms with van der Waals surface area (Å²) in [5, 5.41) is 5.25. The number of fused-ring (bicyclic) bond motifs is 1. The SMILES string of the molecule is CCCc1nc(CSc2nc3ccc(Br)cc3c(=O)n2CC)no1. The van der Waals surface area contributed by atoms with Gasteiger partial charge in [-0.25, -0.2) is 4.98 Å². The van der Waals surface area contributed by atoms with Crippen molar-refractivity contribution in [3.05, 3.63) is 44.7 Å². The van der Waals surface area contributed by atoms with Gasteiger partial charge in [-0.05, 0) is 31.5 Å². The number of hydrogen-bond acceptors (Lipinski definition) is 6. The van der Waals surface area contributed by atoms with E-state index in [-0.39, 0.29) is 5.56 Å². The Bertz CT molecular complexity index is 922. The molecule has 3 aromatic rings. The molecule has 0 aliphatic rings. The molecule has 0 bridgehead atoms. The zero-order valence-electron chi connectivity index (χ0n) is 13.5. The Hall–Kier alpha value is -1.67. The quantitative estimate of drug-likeness (QED) is 0.455. The van der Waals surface area contributed by atoms with E-state index in [2.05, 4.69) is 38.0 Å². The molecule has 0 aliphatic heterocycles. The number of halogens is 1. The summed E-state index contributed by atoms with van der Waals surface area (Å²) < 4.78 is 7.73. The minimum atomic E-state index is -0.0360. The Labute approximate surface area is 151 Å². The van der Waals surface area contributed by atoms with Gasteiger partial charge in [0, 0.05) is 17.4 Å². The molecule has 3 rings (SSSR count). The number of hydrogen-bond donors (Lipinski definition) is 0. The summed E-state index contributed by atoms with van der Waals surface area (Å²) in [7, 11) is 0. The van der Waals surface area contributed by atoms with Crippen LogP contribution in [0.25, 0.3) is 10.9 Å². The van der Waals surface area contributed by atoms with E-state index in [9.17, 15) is 4.79 Å². The molecule has 0 radical (unpaired) electrons. The number of rotatable bonds is 6. The molecular formula is C16H17BrN4O2S. The normalized spacial score (nSPS) is 11.3. The van der Waals surface area contributed by atoms with Crippen molar-refractivity contribution in [2.75, 3.05) is 0 Å². The molecule has 2 aromatic heterocycles. The monoisotopic (exact) mass is 408 g/mol. The van der Waals surface area contributed by atoms with Crippen molar-refractivity contribution >= 4 is 38.6 Å². The van der Waals surface area contributed by atoms with Crippen LogP contribution in [0, 0.1) is 0 Å². The van der Waals surface area contributed by atoms with E-state index >= 15 is 0 Å². The highest BCUT2D eigenvalue weighted by molar-refractivity contribution is 9.10. The molecule has 0 atom stereocenters. The predicted octanol–water partition coefficient (Wildman–Crippen LogP) is 3.81. The maximum Gasteiger partial charge on any atom is 0.262 e. The Morgan fingerprint density at radius 2 is 2.12 bits per heavy atom. The van der Waals surface area contributed by atoms with Crippen LogP contribution < -0.4 is 5.56 Å². The van der Waals surface area contributed by atoms with Crippen molar-refractivity contribution < 1.29 is 4.52 Å². The average Bonchev–Trinajstić information content (AvgIpc) is 3.02. The van der Waals surface area contributed by atoms with Crippen LogP contribution in [0.1, 0.15) is 32.0 Å². The molecule has 0 spiro atoms. The van der Waals surface area contributed by atoms with Crippen molar-refractivity contribution in [2.45, 2.75) is 44.1 Å². The summed E-state index contributed by atoms with van der Waals surface area (Å²) in [6, 6.07) is 5.54. The zero-order chi connectivity index (χ0) is 17.1. The van der Waals surface area contributed by atoms with Gasteiger partial charge in [0.2, 0.25) is 5.89 Å². The van der Waals surface area contributed by atoms with Gasteiger partial charge in [0.15, 0.2) is 11.0 Å². The second-order valence-electron chi connectivity index (χ2n) is 5.25. The number of aromatic nitrogens is 4. The van der Waals surface area contributed by atoms with Crippen molar-refractivity contribution in [1.82, 2.24) is 19.7 Å². The molecule has 2 heterocycles. The topological polar surface area (TPSA) is 73.8 Å². The Balaban J connectivity index is 1.90. The lowest BCUT2D eigenvalue weighted by molar-refractivity contribution is 0.373. The standard InChI is InChI=1S/C16H17BrN4O2S/c1-3-5-14-19-13(20-23-14)9-24-16-18-12-7-6-10(17)8-11(12)15(22)21(16)4-2/h6-8H,3-5,9H2,1-2H3. The Kier molecular flexibility index (Phi) is 5.35. The zero-order valence-corrected chi connectivity index (χ0v) is 15.9. The molecule has 24 heavy (non-hydrogen) atoms. The van der Waals surface area contributed by atoms with Gasteiger partial charge in [-0.2, -0.15) is 4.98 Å². The van der Waals surface area contributed by atoms with Gasteiger partial charge in [-0.1, -0.05) is 39.8 Å². The molecule has 0 saturated heterocycles. The van der Waals surface area contributed by atoms with Gasteiger partial charge in [0.25, 0.3) is 5.56 Å². The van der Waals surface area contributed by atoms with Gasteiger partial charge in [-0.3, -0.25) is 9.36 Å². The van der Waals surface area contributed by atoms with Crippen LogP contribution in [-0.2, 0) is 18.7 Å². The molecule has 0 saturated carbocycles. The lowest BCUT2D eigenvalue weighted by Crippen LogP contribution is -2.22. The van der Waals surface area contributed by atoms with Gasteiger partial charge in [0.05, 0.1) is 16.7 Å². The third kappa shape index (κ3) is 3.54. The number of thioether (sulfide) groups is 1. The predicted molar refractivity (Wildman–Crippen MR) is 97.2 cm³/mol. The van der Waals surface area contributed by atoms with E-state index < -0.39 is 0 Å². The summed E-state index contributed by atoms with van der Waals surface area (Å²) in [5.41, 5.74) is 0.654. The van der Waals surface area contributed by atoms with Crippen molar-refractivity contribution in [3.8, 4) is 0 Å². The van der Waals surface area contributed by atoms with E-state index in [4.69, 9.17) is 4.52 Å². The third-order valence-electron chi connectivity index (χ3n) is 3.50. The summed E-state index contributed by atoms with van der Waals surface area (Å²) >= 11 is 4.84. The number of aryl methyl sites for hydroxylation is 1. The molecule has 0 unspecified atom stereocenters. The maximum absolute atomic E-state index is 12.7. The second-order valence-corrected chi connectivity index (χ2v) is 7.11. The van der Waals surface area contributed by atoms with Crippen molar-refractivity contribution in [2.24, 2.45) is 0 Å². The average molecular weight is 409 g/mol. The van der Waals surface area contributed by atoms with E-state index in [1.807, 2.05) is 25.1 Å².